The maximum atomic E-state index is 11.6. The van der Waals surface area contributed by atoms with E-state index in [1.165, 1.54) is 6.21 Å². The van der Waals surface area contributed by atoms with Crippen molar-refractivity contribution in [2.24, 2.45) is 10.2 Å². The standard InChI is InChI=1S/C15H18N4O4S/c1-19(2)8-10-5-9(3-4-11(10)20)7-16-18-15-17-14(23)12(24-15)6-13(21)22/h3-5,7,12,20H,6,8H2,1-2H3,(H,21,22)(H,17,18,23). The number of phenols is 1. The lowest BCUT2D eigenvalue weighted by atomic mass is 10.1. The van der Waals surface area contributed by atoms with Gasteiger partial charge in [-0.1, -0.05) is 11.8 Å². The molecule has 1 saturated heterocycles. The number of aliphatic carboxylic acids is 1. The summed E-state index contributed by atoms with van der Waals surface area (Å²) < 4.78 is 0. The van der Waals surface area contributed by atoms with Gasteiger partial charge in [-0.15, -0.1) is 5.10 Å². The van der Waals surface area contributed by atoms with Crippen molar-refractivity contribution in [1.29, 1.82) is 0 Å². The predicted molar refractivity (Wildman–Crippen MR) is 92.3 cm³/mol. The molecular weight excluding hydrogens is 332 g/mol. The van der Waals surface area contributed by atoms with Crippen LogP contribution in [0.4, 0.5) is 0 Å². The van der Waals surface area contributed by atoms with Crippen molar-refractivity contribution >= 4 is 35.0 Å². The van der Waals surface area contributed by atoms with Gasteiger partial charge in [0.15, 0.2) is 5.17 Å². The minimum absolute atomic E-state index is 0.210. The fourth-order valence-electron chi connectivity index (χ4n) is 2.05. The number of carbonyl (C=O) groups is 2. The number of benzene rings is 1. The number of carboxylic acid groups (broad SMARTS) is 1. The van der Waals surface area contributed by atoms with Crippen LogP contribution in [0.5, 0.6) is 5.75 Å². The van der Waals surface area contributed by atoms with Gasteiger partial charge in [-0.25, -0.2) is 0 Å². The average Bonchev–Trinajstić information content (AvgIpc) is 2.81. The Morgan fingerprint density at radius 3 is 2.88 bits per heavy atom. The molecule has 1 atom stereocenters. The Labute approximate surface area is 143 Å². The van der Waals surface area contributed by atoms with Crippen molar-refractivity contribution in [2.75, 3.05) is 14.1 Å². The van der Waals surface area contributed by atoms with Gasteiger partial charge >= 0.3 is 5.97 Å². The molecule has 1 amide bonds. The van der Waals surface area contributed by atoms with Crippen LogP contribution in [0.2, 0.25) is 0 Å². The zero-order chi connectivity index (χ0) is 17.7. The molecular formula is C15H18N4O4S. The van der Waals surface area contributed by atoms with Crippen molar-refractivity contribution in [3.05, 3.63) is 29.3 Å². The summed E-state index contributed by atoms with van der Waals surface area (Å²) in [5.74, 6) is -1.21. The highest BCUT2D eigenvalue weighted by Crippen LogP contribution is 2.22. The number of nitrogens with one attached hydrogen (secondary N) is 1. The minimum atomic E-state index is -1.04. The largest absolute Gasteiger partial charge is 0.508 e. The molecule has 0 aromatic heterocycles. The summed E-state index contributed by atoms with van der Waals surface area (Å²) in [5, 5.41) is 28.4. The van der Waals surface area contributed by atoms with Gasteiger partial charge in [-0.3, -0.25) is 9.59 Å². The number of carbonyl (C=O) groups excluding carboxylic acids is 1. The van der Waals surface area contributed by atoms with Crippen LogP contribution in [0, 0.1) is 0 Å². The van der Waals surface area contributed by atoms with E-state index in [-0.39, 0.29) is 23.2 Å². The summed E-state index contributed by atoms with van der Waals surface area (Å²) in [6.45, 7) is 0.588. The summed E-state index contributed by atoms with van der Waals surface area (Å²) >= 11 is 1.04. The Balaban J connectivity index is 2.04. The number of nitrogens with zero attached hydrogens (tertiary/aromatic N) is 3. The molecule has 2 rings (SSSR count). The average molecular weight is 350 g/mol. The third kappa shape index (κ3) is 5.07. The number of hydrogen-bond acceptors (Lipinski definition) is 7. The second-order valence-electron chi connectivity index (χ2n) is 5.47. The van der Waals surface area contributed by atoms with Gasteiger partial charge in [0, 0.05) is 12.1 Å². The molecule has 1 fully saturated rings. The third-order valence-corrected chi connectivity index (χ3v) is 4.15. The van der Waals surface area contributed by atoms with Gasteiger partial charge < -0.3 is 20.4 Å². The van der Waals surface area contributed by atoms with Gasteiger partial charge in [0.25, 0.3) is 0 Å². The second kappa shape index (κ2) is 7.93. The first kappa shape index (κ1) is 18.0. The van der Waals surface area contributed by atoms with E-state index < -0.39 is 11.2 Å². The van der Waals surface area contributed by atoms with Gasteiger partial charge in [0.1, 0.15) is 11.0 Å². The first-order valence-electron chi connectivity index (χ1n) is 7.12. The molecule has 8 nitrogen and oxygen atoms in total. The topological polar surface area (TPSA) is 115 Å². The normalized spacial score (nSPS) is 19.4. The fourth-order valence-corrected chi connectivity index (χ4v) is 2.96. The Kier molecular flexibility index (Phi) is 5.93. The maximum absolute atomic E-state index is 11.6. The van der Waals surface area contributed by atoms with Crippen LogP contribution in [0.1, 0.15) is 17.5 Å². The zero-order valence-electron chi connectivity index (χ0n) is 13.3. The molecule has 1 aliphatic rings. The molecule has 9 heteroatoms. The van der Waals surface area contributed by atoms with Crippen LogP contribution in [0.15, 0.2) is 28.4 Å². The number of hydrogen-bond donors (Lipinski definition) is 3. The molecule has 128 valence electrons. The molecule has 0 aliphatic carbocycles. The van der Waals surface area contributed by atoms with E-state index in [1.807, 2.05) is 19.0 Å². The van der Waals surface area contributed by atoms with Crippen LogP contribution in [0.25, 0.3) is 0 Å². The van der Waals surface area contributed by atoms with E-state index in [2.05, 4.69) is 15.5 Å². The van der Waals surface area contributed by atoms with Crippen LogP contribution < -0.4 is 5.32 Å². The summed E-state index contributed by atoms with van der Waals surface area (Å²) in [5.41, 5.74) is 1.52. The van der Waals surface area contributed by atoms with E-state index in [1.54, 1.807) is 18.2 Å². The van der Waals surface area contributed by atoms with E-state index in [0.717, 1.165) is 22.9 Å². The Morgan fingerprint density at radius 2 is 2.21 bits per heavy atom. The van der Waals surface area contributed by atoms with Gasteiger partial charge in [0.05, 0.1) is 12.6 Å². The van der Waals surface area contributed by atoms with Crippen molar-refractivity contribution in [3.63, 3.8) is 0 Å². The molecule has 0 radical (unpaired) electrons. The first-order valence-corrected chi connectivity index (χ1v) is 8.00. The van der Waals surface area contributed by atoms with Crippen LogP contribution >= 0.6 is 11.8 Å². The van der Waals surface area contributed by atoms with E-state index in [0.29, 0.717) is 6.54 Å². The van der Waals surface area contributed by atoms with Crippen LogP contribution in [-0.4, -0.2) is 57.7 Å². The lowest BCUT2D eigenvalue weighted by Gasteiger charge is -2.11. The van der Waals surface area contributed by atoms with E-state index in [4.69, 9.17) is 5.11 Å². The molecule has 1 aromatic rings. The number of amides is 1. The van der Waals surface area contributed by atoms with Gasteiger partial charge in [0.2, 0.25) is 5.91 Å². The number of rotatable bonds is 6. The third-order valence-electron chi connectivity index (χ3n) is 3.08. The molecule has 0 spiro atoms. The van der Waals surface area contributed by atoms with Crippen LogP contribution in [0.3, 0.4) is 0 Å². The Morgan fingerprint density at radius 1 is 1.46 bits per heavy atom. The van der Waals surface area contributed by atoms with Crippen molar-refractivity contribution in [2.45, 2.75) is 18.2 Å². The SMILES string of the molecule is CN(C)Cc1cc(C=NN=C2NC(=O)C(CC(=O)O)S2)ccc1O. The summed E-state index contributed by atoms with van der Waals surface area (Å²) in [7, 11) is 3.80. The lowest BCUT2D eigenvalue weighted by Crippen LogP contribution is -2.26. The van der Waals surface area contributed by atoms with Crippen molar-refractivity contribution in [3.8, 4) is 5.75 Å². The minimum Gasteiger partial charge on any atom is -0.508 e. The summed E-state index contributed by atoms with van der Waals surface area (Å²) in [6.07, 6.45) is 1.24. The zero-order valence-corrected chi connectivity index (χ0v) is 14.1. The van der Waals surface area contributed by atoms with Gasteiger partial charge in [-0.2, -0.15) is 5.10 Å². The summed E-state index contributed by atoms with van der Waals surface area (Å²) in [6, 6.07) is 5.08. The number of carboxylic acids is 1. The molecule has 1 aromatic carbocycles. The fraction of sp³-hybridized carbons (Fsp3) is 0.333. The Bertz CT molecular complexity index is 703. The lowest BCUT2D eigenvalue weighted by molar-refractivity contribution is -0.138. The van der Waals surface area contributed by atoms with Crippen molar-refractivity contribution < 1.29 is 19.8 Å². The number of phenolic OH excluding ortho intramolecular Hbond substituents is 1. The number of amidine groups is 1. The predicted octanol–water partition coefficient (Wildman–Crippen LogP) is 0.850. The van der Waals surface area contributed by atoms with Crippen LogP contribution in [-0.2, 0) is 16.1 Å². The molecule has 1 heterocycles. The molecule has 1 unspecified atom stereocenters. The summed E-state index contributed by atoms with van der Waals surface area (Å²) in [4.78, 5) is 24.2. The molecule has 0 bridgehead atoms. The van der Waals surface area contributed by atoms with Gasteiger partial charge in [-0.05, 0) is 37.9 Å². The quantitative estimate of drug-likeness (QED) is 0.518. The Hall–Kier alpha value is -2.39. The molecule has 24 heavy (non-hydrogen) atoms. The smallest absolute Gasteiger partial charge is 0.305 e. The van der Waals surface area contributed by atoms with E-state index >= 15 is 0 Å². The first-order chi connectivity index (χ1) is 11.3. The maximum Gasteiger partial charge on any atom is 0.305 e. The van der Waals surface area contributed by atoms with Crippen molar-refractivity contribution in [1.82, 2.24) is 10.2 Å². The highest BCUT2D eigenvalue weighted by atomic mass is 32.2. The monoisotopic (exact) mass is 350 g/mol. The number of thioether (sulfide) groups is 1. The highest BCUT2D eigenvalue weighted by molar-refractivity contribution is 8.15. The second-order valence-corrected chi connectivity index (χ2v) is 6.66. The molecule has 3 N–H and O–H groups in total. The van der Waals surface area contributed by atoms with E-state index in [9.17, 15) is 14.7 Å². The number of aromatic hydroxyl groups is 1. The highest BCUT2D eigenvalue weighted by Gasteiger charge is 2.32. The molecule has 1 aliphatic heterocycles. The molecule has 0 saturated carbocycles.